The molecule has 0 spiro atoms. The Balaban J connectivity index is 1.61. The standard InChI is InChI=1S/C29H33ClN4O3S2/c1-5-33(6-2)16-17-34(29-31-27-21(3)18-24(30)19-26(27)38-29)28(35)23-12-14-25(15-13-23)39(36,37)32(4)20-22-10-8-7-9-11-22/h7-15,18-19H,5-6,16-17,20H2,1-4H3. The molecule has 7 nitrogen and oxygen atoms in total. The quantitative estimate of drug-likeness (QED) is 0.214. The maximum absolute atomic E-state index is 13.8. The third-order valence-electron chi connectivity index (χ3n) is 6.71. The first-order valence-electron chi connectivity index (χ1n) is 12.8. The average Bonchev–Trinajstić information content (AvgIpc) is 3.35. The number of thiazole rings is 1. The molecule has 4 rings (SSSR count). The lowest BCUT2D eigenvalue weighted by Gasteiger charge is -2.25. The van der Waals surface area contributed by atoms with E-state index in [0.717, 1.165) is 34.4 Å². The lowest BCUT2D eigenvalue weighted by Crippen LogP contribution is -2.38. The number of aromatic nitrogens is 1. The number of anilines is 1. The van der Waals surface area contributed by atoms with Crippen LogP contribution in [0.1, 0.15) is 35.3 Å². The maximum Gasteiger partial charge on any atom is 0.260 e. The van der Waals surface area contributed by atoms with Crippen LogP contribution in [0.25, 0.3) is 10.2 Å². The minimum Gasteiger partial charge on any atom is -0.302 e. The number of fused-ring (bicyclic) bond motifs is 1. The fraction of sp³-hybridized carbons (Fsp3) is 0.310. The summed E-state index contributed by atoms with van der Waals surface area (Å²) in [7, 11) is -2.17. The molecule has 0 fully saturated rings. The van der Waals surface area contributed by atoms with Gasteiger partial charge in [-0.25, -0.2) is 13.4 Å². The molecule has 0 N–H and O–H groups in total. The van der Waals surface area contributed by atoms with Crippen LogP contribution in [0.4, 0.5) is 5.13 Å². The Morgan fingerprint density at radius 2 is 1.64 bits per heavy atom. The molecule has 0 aliphatic heterocycles. The second-order valence-electron chi connectivity index (χ2n) is 9.32. The Morgan fingerprint density at radius 3 is 2.28 bits per heavy atom. The second-order valence-corrected chi connectivity index (χ2v) is 12.8. The molecule has 0 bridgehead atoms. The minimum atomic E-state index is -3.73. The lowest BCUT2D eigenvalue weighted by molar-refractivity contribution is 0.0983. The van der Waals surface area contributed by atoms with Gasteiger partial charge < -0.3 is 4.90 Å². The highest BCUT2D eigenvalue weighted by Gasteiger charge is 2.25. The van der Waals surface area contributed by atoms with Crippen molar-refractivity contribution in [2.45, 2.75) is 32.2 Å². The molecule has 0 aliphatic rings. The van der Waals surface area contributed by atoms with Crippen LogP contribution in [0.2, 0.25) is 5.02 Å². The topological polar surface area (TPSA) is 73.8 Å². The molecular weight excluding hydrogens is 552 g/mol. The normalized spacial score (nSPS) is 12.0. The van der Waals surface area contributed by atoms with Crippen molar-refractivity contribution in [1.29, 1.82) is 0 Å². The predicted molar refractivity (Wildman–Crippen MR) is 160 cm³/mol. The van der Waals surface area contributed by atoms with Gasteiger partial charge in [-0.15, -0.1) is 0 Å². The van der Waals surface area contributed by atoms with Crippen molar-refractivity contribution < 1.29 is 13.2 Å². The van der Waals surface area contributed by atoms with Crippen molar-refractivity contribution in [1.82, 2.24) is 14.2 Å². The molecule has 0 saturated carbocycles. The third-order valence-corrected chi connectivity index (χ3v) is 9.77. The summed E-state index contributed by atoms with van der Waals surface area (Å²) in [5.74, 6) is -0.230. The molecule has 10 heteroatoms. The van der Waals surface area contributed by atoms with Gasteiger partial charge in [0, 0.05) is 37.3 Å². The van der Waals surface area contributed by atoms with Gasteiger partial charge in [0.05, 0.1) is 15.1 Å². The number of rotatable bonds is 11. The number of amides is 1. The zero-order valence-corrected chi connectivity index (χ0v) is 25.0. The Hall–Kier alpha value is -2.82. The van der Waals surface area contributed by atoms with E-state index in [-0.39, 0.29) is 17.3 Å². The number of carbonyl (C=O) groups excluding carboxylic acids is 1. The van der Waals surface area contributed by atoms with E-state index < -0.39 is 10.0 Å². The summed E-state index contributed by atoms with van der Waals surface area (Å²) in [6.45, 7) is 9.27. The molecule has 1 aromatic heterocycles. The smallest absolute Gasteiger partial charge is 0.260 e. The number of carbonyl (C=O) groups is 1. The van der Waals surface area contributed by atoms with Crippen molar-refractivity contribution in [2.24, 2.45) is 0 Å². The molecular formula is C29H33ClN4O3S2. The Labute approximate surface area is 239 Å². The predicted octanol–water partition coefficient (Wildman–Crippen LogP) is 6.07. The molecule has 1 amide bonds. The zero-order chi connectivity index (χ0) is 28.2. The highest BCUT2D eigenvalue weighted by Crippen LogP contribution is 2.33. The van der Waals surface area contributed by atoms with Gasteiger partial charge in [0.15, 0.2) is 5.13 Å². The molecule has 206 valence electrons. The first-order chi connectivity index (χ1) is 18.6. The molecule has 0 atom stereocenters. The summed E-state index contributed by atoms with van der Waals surface area (Å²) < 4.78 is 28.6. The summed E-state index contributed by atoms with van der Waals surface area (Å²) in [4.78, 5) is 22.6. The Kier molecular flexibility index (Phi) is 9.40. The Morgan fingerprint density at radius 1 is 0.974 bits per heavy atom. The zero-order valence-electron chi connectivity index (χ0n) is 22.6. The fourth-order valence-corrected chi connectivity index (χ4v) is 6.96. The maximum atomic E-state index is 13.8. The van der Waals surface area contributed by atoms with E-state index in [9.17, 15) is 13.2 Å². The molecule has 3 aromatic carbocycles. The van der Waals surface area contributed by atoms with Crippen molar-refractivity contribution in [3.8, 4) is 0 Å². The van der Waals surface area contributed by atoms with Crippen LogP contribution in [0.3, 0.4) is 0 Å². The van der Waals surface area contributed by atoms with E-state index in [4.69, 9.17) is 16.6 Å². The monoisotopic (exact) mass is 584 g/mol. The third kappa shape index (κ3) is 6.67. The summed E-state index contributed by atoms with van der Waals surface area (Å²) in [5.41, 5.74) is 3.06. The number of hydrogen-bond acceptors (Lipinski definition) is 6. The highest BCUT2D eigenvalue weighted by atomic mass is 35.5. The van der Waals surface area contributed by atoms with Crippen LogP contribution in [0.15, 0.2) is 71.6 Å². The van der Waals surface area contributed by atoms with Crippen LogP contribution >= 0.6 is 22.9 Å². The summed E-state index contributed by atoms with van der Waals surface area (Å²) in [6, 6.07) is 19.3. The van der Waals surface area contributed by atoms with E-state index in [1.165, 1.54) is 27.8 Å². The van der Waals surface area contributed by atoms with Crippen LogP contribution in [-0.4, -0.2) is 61.7 Å². The molecule has 0 radical (unpaired) electrons. The average molecular weight is 585 g/mol. The fourth-order valence-electron chi connectivity index (χ4n) is 4.35. The van der Waals surface area contributed by atoms with Gasteiger partial charge in [0.2, 0.25) is 10.0 Å². The molecule has 0 saturated heterocycles. The van der Waals surface area contributed by atoms with Gasteiger partial charge in [-0.1, -0.05) is 67.1 Å². The number of halogens is 1. The summed E-state index contributed by atoms with van der Waals surface area (Å²) in [6.07, 6.45) is 0. The van der Waals surface area contributed by atoms with E-state index in [2.05, 4.69) is 18.7 Å². The molecule has 39 heavy (non-hydrogen) atoms. The van der Waals surface area contributed by atoms with Gasteiger partial charge in [-0.05, 0) is 67.5 Å². The van der Waals surface area contributed by atoms with E-state index in [0.29, 0.717) is 28.8 Å². The van der Waals surface area contributed by atoms with Crippen molar-refractivity contribution in [3.63, 3.8) is 0 Å². The molecule has 4 aromatic rings. The van der Waals surface area contributed by atoms with Crippen LogP contribution in [0.5, 0.6) is 0 Å². The van der Waals surface area contributed by atoms with Crippen LogP contribution in [0, 0.1) is 6.92 Å². The van der Waals surface area contributed by atoms with E-state index >= 15 is 0 Å². The van der Waals surface area contributed by atoms with Crippen molar-refractivity contribution >= 4 is 54.2 Å². The SMILES string of the molecule is CCN(CC)CCN(C(=O)c1ccc(S(=O)(=O)N(C)Cc2ccccc2)cc1)c1nc2c(C)cc(Cl)cc2s1. The number of sulfonamides is 1. The van der Waals surface area contributed by atoms with Gasteiger partial charge >= 0.3 is 0 Å². The number of likely N-dealkylation sites (N-methyl/N-ethyl adjacent to an activating group) is 1. The Bertz CT molecular complexity index is 1540. The minimum absolute atomic E-state index is 0.137. The largest absolute Gasteiger partial charge is 0.302 e. The summed E-state index contributed by atoms with van der Waals surface area (Å²) in [5, 5.41) is 1.22. The molecule has 0 aliphatic carbocycles. The first kappa shape index (κ1) is 29.2. The number of nitrogens with zero attached hydrogens (tertiary/aromatic N) is 4. The highest BCUT2D eigenvalue weighted by molar-refractivity contribution is 7.89. The van der Waals surface area contributed by atoms with Gasteiger partial charge in [-0.3, -0.25) is 9.69 Å². The van der Waals surface area contributed by atoms with Gasteiger partial charge in [0.1, 0.15) is 0 Å². The van der Waals surface area contributed by atoms with Crippen LogP contribution < -0.4 is 4.90 Å². The van der Waals surface area contributed by atoms with E-state index in [1.54, 1.807) is 24.1 Å². The van der Waals surface area contributed by atoms with Crippen molar-refractivity contribution in [2.75, 3.05) is 38.1 Å². The number of aryl methyl sites for hydroxylation is 1. The van der Waals surface area contributed by atoms with E-state index in [1.807, 2.05) is 49.4 Å². The van der Waals surface area contributed by atoms with Gasteiger partial charge in [-0.2, -0.15) is 4.31 Å². The number of benzene rings is 3. The lowest BCUT2D eigenvalue weighted by atomic mass is 10.2. The molecule has 1 heterocycles. The van der Waals surface area contributed by atoms with Gasteiger partial charge in [0.25, 0.3) is 5.91 Å². The van der Waals surface area contributed by atoms with Crippen LogP contribution in [-0.2, 0) is 16.6 Å². The van der Waals surface area contributed by atoms with Crippen molar-refractivity contribution in [3.05, 3.63) is 88.4 Å². The first-order valence-corrected chi connectivity index (χ1v) is 15.5. The second kappa shape index (κ2) is 12.6. The number of hydrogen-bond donors (Lipinski definition) is 0. The summed E-state index contributed by atoms with van der Waals surface area (Å²) >= 11 is 7.69. The molecule has 0 unspecified atom stereocenters.